The van der Waals surface area contributed by atoms with Crippen molar-refractivity contribution in [3.63, 3.8) is 0 Å². The molecule has 1 aliphatic heterocycles. The van der Waals surface area contributed by atoms with Crippen molar-refractivity contribution in [3.05, 3.63) is 0 Å². The Bertz CT molecular complexity index is 95.3. The van der Waals surface area contributed by atoms with Gasteiger partial charge < -0.3 is 4.74 Å². The molecule has 0 aromatic heterocycles. The van der Waals surface area contributed by atoms with Crippen molar-refractivity contribution in [2.24, 2.45) is 0 Å². The number of hydrogen-bond donors (Lipinski definition) is 0. The first-order valence-electron chi connectivity index (χ1n) is 4.10. The van der Waals surface area contributed by atoms with Crippen molar-refractivity contribution in [2.75, 3.05) is 6.61 Å². The van der Waals surface area contributed by atoms with Gasteiger partial charge in [0.15, 0.2) is 0 Å². The van der Waals surface area contributed by atoms with Gasteiger partial charge in [-0.15, -0.1) is 11.8 Å². The van der Waals surface area contributed by atoms with E-state index >= 15 is 0 Å². The number of ether oxygens (including phenoxy) is 1. The van der Waals surface area contributed by atoms with Crippen LogP contribution in [0.3, 0.4) is 0 Å². The van der Waals surface area contributed by atoms with Crippen molar-refractivity contribution in [3.8, 4) is 0 Å². The van der Waals surface area contributed by atoms with Gasteiger partial charge in [-0.3, -0.25) is 0 Å². The van der Waals surface area contributed by atoms with Crippen LogP contribution < -0.4 is 0 Å². The third-order valence-corrected chi connectivity index (χ3v) is 2.97. The lowest BCUT2D eigenvalue weighted by Crippen LogP contribution is -1.99. The molecule has 0 spiro atoms. The Morgan fingerprint density at radius 3 is 2.90 bits per heavy atom. The normalized spacial score (nSPS) is 33.0. The number of thioether (sulfide) groups is 1. The van der Waals surface area contributed by atoms with Crippen LogP contribution in [0.5, 0.6) is 0 Å². The Morgan fingerprint density at radius 2 is 2.40 bits per heavy atom. The maximum absolute atomic E-state index is 5.53. The Hall–Kier alpha value is 0.310. The van der Waals surface area contributed by atoms with Gasteiger partial charge in [0, 0.05) is 5.25 Å². The van der Waals surface area contributed by atoms with Gasteiger partial charge in [0.25, 0.3) is 0 Å². The summed E-state index contributed by atoms with van der Waals surface area (Å²) in [5, 5.41) is 0.724. The van der Waals surface area contributed by atoms with Crippen molar-refractivity contribution >= 4 is 11.8 Å². The Morgan fingerprint density at radius 1 is 1.60 bits per heavy atom. The lowest BCUT2D eigenvalue weighted by atomic mass is 10.3. The van der Waals surface area contributed by atoms with E-state index in [-0.39, 0.29) is 0 Å². The molecule has 60 valence electrons. The molecule has 0 amide bonds. The lowest BCUT2D eigenvalue weighted by Gasteiger charge is -2.05. The summed E-state index contributed by atoms with van der Waals surface area (Å²) >= 11 is 1.98. The van der Waals surface area contributed by atoms with E-state index in [1.807, 2.05) is 11.8 Å². The van der Waals surface area contributed by atoms with Crippen LogP contribution >= 0.6 is 11.8 Å². The molecule has 0 radical (unpaired) electrons. The summed E-state index contributed by atoms with van der Waals surface area (Å²) in [6.45, 7) is 5.42. The summed E-state index contributed by atoms with van der Waals surface area (Å²) in [6, 6.07) is 0. The van der Waals surface area contributed by atoms with Gasteiger partial charge in [0.2, 0.25) is 0 Å². The molecular weight excluding hydrogens is 144 g/mol. The molecule has 1 saturated heterocycles. The first-order chi connectivity index (χ1) is 4.83. The quantitative estimate of drug-likeness (QED) is 0.627. The number of rotatable bonds is 3. The molecule has 0 aliphatic carbocycles. The van der Waals surface area contributed by atoms with E-state index in [0.717, 1.165) is 11.9 Å². The summed E-state index contributed by atoms with van der Waals surface area (Å²) in [5.74, 6) is 0. The van der Waals surface area contributed by atoms with Gasteiger partial charge in [-0.1, -0.05) is 26.7 Å². The second kappa shape index (κ2) is 4.24. The summed E-state index contributed by atoms with van der Waals surface area (Å²) in [6.07, 6.45) is 3.84. The minimum atomic E-state index is 0.509. The number of unbranched alkanes of at least 4 members (excludes halogenated alkanes) is 1. The molecule has 0 bridgehead atoms. The first-order valence-corrected chi connectivity index (χ1v) is 5.04. The molecule has 1 heterocycles. The Kier molecular flexibility index (Phi) is 3.57. The predicted molar refractivity (Wildman–Crippen MR) is 46.3 cm³/mol. The van der Waals surface area contributed by atoms with E-state index in [0.29, 0.717) is 5.44 Å². The highest BCUT2D eigenvalue weighted by molar-refractivity contribution is 8.00. The first kappa shape index (κ1) is 8.41. The van der Waals surface area contributed by atoms with Crippen LogP contribution in [0.4, 0.5) is 0 Å². The summed E-state index contributed by atoms with van der Waals surface area (Å²) < 4.78 is 5.53. The van der Waals surface area contributed by atoms with Gasteiger partial charge in [0.1, 0.15) is 5.44 Å². The van der Waals surface area contributed by atoms with Gasteiger partial charge >= 0.3 is 0 Å². The third-order valence-electron chi connectivity index (χ3n) is 1.69. The van der Waals surface area contributed by atoms with Gasteiger partial charge in [-0.25, -0.2) is 0 Å². The average molecular weight is 160 g/mol. The van der Waals surface area contributed by atoms with Crippen LogP contribution in [-0.4, -0.2) is 17.3 Å². The molecule has 2 heteroatoms. The third kappa shape index (κ3) is 2.51. The molecule has 0 N–H and O–H groups in total. The van der Waals surface area contributed by atoms with E-state index in [2.05, 4.69) is 13.8 Å². The fourth-order valence-electron chi connectivity index (χ4n) is 1.10. The maximum Gasteiger partial charge on any atom is 0.103 e. The number of hydrogen-bond acceptors (Lipinski definition) is 2. The minimum absolute atomic E-state index is 0.509. The minimum Gasteiger partial charge on any atom is -0.366 e. The van der Waals surface area contributed by atoms with E-state index < -0.39 is 0 Å². The van der Waals surface area contributed by atoms with Gasteiger partial charge in [-0.2, -0.15) is 0 Å². The maximum atomic E-state index is 5.53. The molecular formula is C8H16OS. The van der Waals surface area contributed by atoms with Crippen molar-refractivity contribution in [1.82, 2.24) is 0 Å². The van der Waals surface area contributed by atoms with Crippen LogP contribution in [0.15, 0.2) is 0 Å². The van der Waals surface area contributed by atoms with Crippen LogP contribution in [0.25, 0.3) is 0 Å². The highest BCUT2D eigenvalue weighted by Crippen LogP contribution is 2.29. The standard InChI is InChI=1S/C8H16OS/c1-3-4-5-8-9-6-7(2)10-8/h7-8H,3-6H2,1-2H3. The molecule has 2 unspecified atom stereocenters. The average Bonchev–Trinajstić information content (AvgIpc) is 2.31. The van der Waals surface area contributed by atoms with Crippen molar-refractivity contribution < 1.29 is 4.74 Å². The molecule has 0 aromatic rings. The molecule has 1 nitrogen and oxygen atoms in total. The summed E-state index contributed by atoms with van der Waals surface area (Å²) in [7, 11) is 0. The highest BCUT2D eigenvalue weighted by Gasteiger charge is 2.21. The molecule has 0 saturated carbocycles. The zero-order valence-corrected chi connectivity index (χ0v) is 7.62. The molecule has 0 aromatic carbocycles. The largest absolute Gasteiger partial charge is 0.366 e. The zero-order chi connectivity index (χ0) is 7.40. The zero-order valence-electron chi connectivity index (χ0n) is 6.80. The van der Waals surface area contributed by atoms with E-state index in [9.17, 15) is 0 Å². The fourth-order valence-corrected chi connectivity index (χ4v) is 2.24. The second-order valence-electron chi connectivity index (χ2n) is 2.85. The van der Waals surface area contributed by atoms with Crippen molar-refractivity contribution in [1.29, 1.82) is 0 Å². The molecule has 2 atom stereocenters. The molecule has 1 rings (SSSR count). The highest BCUT2D eigenvalue weighted by atomic mass is 32.2. The predicted octanol–water partition coefficient (Wildman–Crippen LogP) is 2.65. The topological polar surface area (TPSA) is 9.23 Å². The van der Waals surface area contributed by atoms with Crippen LogP contribution in [0.2, 0.25) is 0 Å². The molecule has 1 aliphatic rings. The van der Waals surface area contributed by atoms with E-state index in [4.69, 9.17) is 4.74 Å². The van der Waals surface area contributed by atoms with Crippen LogP contribution in [0, 0.1) is 0 Å². The van der Waals surface area contributed by atoms with Gasteiger partial charge in [0.05, 0.1) is 6.61 Å². The van der Waals surface area contributed by atoms with Gasteiger partial charge in [-0.05, 0) is 6.42 Å². The smallest absolute Gasteiger partial charge is 0.103 e. The Labute approximate surface area is 67.5 Å². The Balaban J connectivity index is 2.06. The van der Waals surface area contributed by atoms with E-state index in [1.165, 1.54) is 19.3 Å². The SMILES string of the molecule is CCCCC1OCC(C)S1. The van der Waals surface area contributed by atoms with Crippen LogP contribution in [-0.2, 0) is 4.74 Å². The second-order valence-corrected chi connectivity index (χ2v) is 4.45. The van der Waals surface area contributed by atoms with Crippen molar-refractivity contribution in [2.45, 2.75) is 43.8 Å². The monoisotopic (exact) mass is 160 g/mol. The summed E-state index contributed by atoms with van der Waals surface area (Å²) in [4.78, 5) is 0. The fraction of sp³-hybridized carbons (Fsp3) is 1.00. The lowest BCUT2D eigenvalue weighted by molar-refractivity contribution is 0.127. The van der Waals surface area contributed by atoms with E-state index in [1.54, 1.807) is 0 Å². The van der Waals surface area contributed by atoms with Crippen LogP contribution in [0.1, 0.15) is 33.1 Å². The molecule has 1 fully saturated rings. The molecule has 10 heavy (non-hydrogen) atoms. The summed E-state index contributed by atoms with van der Waals surface area (Å²) in [5.41, 5.74) is 0.509.